The SMILES string of the molecule is CCS(=O)(=O)Nc1ccc(-c2cc(Nc3cnc(OC)cn3)n[nH]2)cc1OCc1ccc(F)cc1. The second-order valence-corrected chi connectivity index (χ2v) is 9.38. The fraction of sp³-hybridized carbons (Fsp3) is 0.174. The fourth-order valence-electron chi connectivity index (χ4n) is 3.03. The summed E-state index contributed by atoms with van der Waals surface area (Å²) >= 11 is 0. The van der Waals surface area contributed by atoms with Crippen molar-refractivity contribution < 1.29 is 22.3 Å². The molecule has 12 heteroatoms. The number of sulfonamides is 1. The highest BCUT2D eigenvalue weighted by molar-refractivity contribution is 7.92. The number of hydrogen-bond donors (Lipinski definition) is 3. The lowest BCUT2D eigenvalue weighted by molar-refractivity contribution is 0.308. The summed E-state index contributed by atoms with van der Waals surface area (Å²) in [5.74, 6) is 1.26. The van der Waals surface area contributed by atoms with Crippen molar-refractivity contribution in [1.82, 2.24) is 20.2 Å². The molecule has 0 aliphatic heterocycles. The van der Waals surface area contributed by atoms with Crippen LogP contribution in [0.2, 0.25) is 0 Å². The Morgan fingerprint density at radius 1 is 1.03 bits per heavy atom. The van der Waals surface area contributed by atoms with E-state index in [0.29, 0.717) is 40.2 Å². The quantitative estimate of drug-likeness (QED) is 0.298. The number of H-pyrrole nitrogens is 1. The zero-order valence-corrected chi connectivity index (χ0v) is 19.8. The van der Waals surface area contributed by atoms with Crippen molar-refractivity contribution in [2.75, 3.05) is 22.9 Å². The van der Waals surface area contributed by atoms with E-state index in [1.54, 1.807) is 43.3 Å². The molecule has 10 nitrogen and oxygen atoms in total. The molecule has 0 unspecified atom stereocenters. The van der Waals surface area contributed by atoms with E-state index < -0.39 is 10.0 Å². The van der Waals surface area contributed by atoms with Crippen LogP contribution in [0.5, 0.6) is 11.6 Å². The first-order valence-corrected chi connectivity index (χ1v) is 12.2. The summed E-state index contributed by atoms with van der Waals surface area (Å²) in [6.07, 6.45) is 3.00. The molecular formula is C23H23FN6O4S. The molecule has 0 saturated heterocycles. The molecule has 0 atom stereocenters. The zero-order chi connectivity index (χ0) is 24.8. The highest BCUT2D eigenvalue weighted by Crippen LogP contribution is 2.32. The normalized spacial score (nSPS) is 11.2. The number of aromatic nitrogens is 4. The number of hydrogen-bond acceptors (Lipinski definition) is 8. The lowest BCUT2D eigenvalue weighted by Gasteiger charge is -2.14. The Labute approximate surface area is 201 Å². The number of halogens is 1. The maximum Gasteiger partial charge on any atom is 0.232 e. The van der Waals surface area contributed by atoms with E-state index in [-0.39, 0.29) is 18.2 Å². The first-order valence-electron chi connectivity index (χ1n) is 10.6. The Hall–Kier alpha value is -4.19. The number of aromatic amines is 1. The number of benzene rings is 2. The summed E-state index contributed by atoms with van der Waals surface area (Å²) in [6, 6.07) is 12.7. The van der Waals surface area contributed by atoms with Gasteiger partial charge in [-0.3, -0.25) is 9.82 Å². The van der Waals surface area contributed by atoms with Crippen molar-refractivity contribution >= 4 is 27.3 Å². The maximum absolute atomic E-state index is 13.2. The Kier molecular flexibility index (Phi) is 7.11. The van der Waals surface area contributed by atoms with Gasteiger partial charge in [0.1, 0.15) is 24.0 Å². The molecule has 0 amide bonds. The van der Waals surface area contributed by atoms with E-state index in [4.69, 9.17) is 9.47 Å². The van der Waals surface area contributed by atoms with Crippen LogP contribution in [-0.4, -0.2) is 41.4 Å². The molecule has 182 valence electrons. The molecule has 0 spiro atoms. The number of anilines is 3. The van der Waals surface area contributed by atoms with Crippen LogP contribution in [-0.2, 0) is 16.6 Å². The van der Waals surface area contributed by atoms with Crippen LogP contribution < -0.4 is 19.5 Å². The largest absolute Gasteiger partial charge is 0.487 e. The average Bonchev–Trinajstić information content (AvgIpc) is 3.33. The van der Waals surface area contributed by atoms with E-state index in [0.717, 1.165) is 5.56 Å². The zero-order valence-electron chi connectivity index (χ0n) is 18.9. The third-order valence-corrected chi connectivity index (χ3v) is 6.21. The summed E-state index contributed by atoms with van der Waals surface area (Å²) in [5.41, 5.74) is 2.39. The second kappa shape index (κ2) is 10.4. The van der Waals surface area contributed by atoms with Crippen molar-refractivity contribution in [3.63, 3.8) is 0 Å². The van der Waals surface area contributed by atoms with Crippen LogP contribution in [0.15, 0.2) is 60.9 Å². The van der Waals surface area contributed by atoms with Gasteiger partial charge in [0.25, 0.3) is 0 Å². The van der Waals surface area contributed by atoms with Gasteiger partial charge in [-0.05, 0) is 36.8 Å². The Morgan fingerprint density at radius 2 is 1.83 bits per heavy atom. The predicted molar refractivity (Wildman–Crippen MR) is 130 cm³/mol. The van der Waals surface area contributed by atoms with Gasteiger partial charge in [0.2, 0.25) is 15.9 Å². The van der Waals surface area contributed by atoms with E-state index in [2.05, 4.69) is 30.2 Å². The number of nitrogens with zero attached hydrogens (tertiary/aromatic N) is 3. The van der Waals surface area contributed by atoms with E-state index >= 15 is 0 Å². The molecule has 2 aromatic carbocycles. The molecule has 0 fully saturated rings. The van der Waals surface area contributed by atoms with Gasteiger partial charge in [-0.15, -0.1) is 0 Å². The van der Waals surface area contributed by atoms with Gasteiger partial charge in [0.15, 0.2) is 5.82 Å². The molecule has 0 bridgehead atoms. The summed E-state index contributed by atoms with van der Waals surface area (Å²) in [4.78, 5) is 8.28. The van der Waals surface area contributed by atoms with Crippen molar-refractivity contribution in [2.24, 2.45) is 0 Å². The van der Waals surface area contributed by atoms with Crippen LogP contribution in [0.1, 0.15) is 12.5 Å². The third-order valence-electron chi connectivity index (χ3n) is 4.92. The number of ether oxygens (including phenoxy) is 2. The second-order valence-electron chi connectivity index (χ2n) is 7.37. The first kappa shape index (κ1) is 24.0. The molecule has 35 heavy (non-hydrogen) atoms. The highest BCUT2D eigenvalue weighted by Gasteiger charge is 2.14. The average molecular weight is 499 g/mol. The molecule has 0 saturated carbocycles. The maximum atomic E-state index is 13.2. The molecule has 0 aliphatic rings. The van der Waals surface area contributed by atoms with E-state index in [1.807, 2.05) is 0 Å². The summed E-state index contributed by atoms with van der Waals surface area (Å²) < 4.78 is 51.0. The van der Waals surface area contributed by atoms with E-state index in [1.165, 1.54) is 31.6 Å². The van der Waals surface area contributed by atoms with Gasteiger partial charge in [0, 0.05) is 11.6 Å². The van der Waals surface area contributed by atoms with Gasteiger partial charge in [-0.25, -0.2) is 22.8 Å². The van der Waals surface area contributed by atoms with E-state index in [9.17, 15) is 12.8 Å². The van der Waals surface area contributed by atoms with Crippen molar-refractivity contribution in [2.45, 2.75) is 13.5 Å². The topological polar surface area (TPSA) is 131 Å². The van der Waals surface area contributed by atoms with Crippen molar-refractivity contribution in [3.8, 4) is 22.9 Å². The van der Waals surface area contributed by atoms with Gasteiger partial charge >= 0.3 is 0 Å². The fourth-order valence-corrected chi connectivity index (χ4v) is 3.67. The first-order chi connectivity index (χ1) is 16.8. The molecule has 4 aromatic rings. The van der Waals surface area contributed by atoms with Gasteiger partial charge in [0.05, 0.1) is 36.6 Å². The Balaban J connectivity index is 1.57. The number of methoxy groups -OCH3 is 1. The summed E-state index contributed by atoms with van der Waals surface area (Å²) in [6.45, 7) is 1.67. The molecule has 0 aliphatic carbocycles. The Bertz CT molecular complexity index is 1390. The van der Waals surface area contributed by atoms with Crippen LogP contribution in [0, 0.1) is 5.82 Å². The van der Waals surface area contributed by atoms with Gasteiger partial charge in [-0.2, -0.15) is 5.10 Å². The van der Waals surface area contributed by atoms with Crippen LogP contribution >= 0.6 is 0 Å². The smallest absolute Gasteiger partial charge is 0.232 e. The monoisotopic (exact) mass is 498 g/mol. The molecular weight excluding hydrogens is 475 g/mol. The summed E-state index contributed by atoms with van der Waals surface area (Å²) in [7, 11) is -2.02. The lowest BCUT2D eigenvalue weighted by Crippen LogP contribution is -2.15. The minimum absolute atomic E-state index is 0.0873. The predicted octanol–water partition coefficient (Wildman–Crippen LogP) is 4.10. The van der Waals surface area contributed by atoms with Crippen molar-refractivity contribution in [3.05, 3.63) is 72.3 Å². The minimum Gasteiger partial charge on any atom is -0.487 e. The van der Waals surface area contributed by atoms with Crippen LogP contribution in [0.3, 0.4) is 0 Å². The Morgan fingerprint density at radius 3 is 2.51 bits per heavy atom. The minimum atomic E-state index is -3.53. The van der Waals surface area contributed by atoms with Crippen LogP contribution in [0.25, 0.3) is 11.3 Å². The molecule has 0 radical (unpaired) electrons. The van der Waals surface area contributed by atoms with Gasteiger partial charge < -0.3 is 14.8 Å². The summed E-state index contributed by atoms with van der Waals surface area (Å²) in [5, 5.41) is 10.2. The molecule has 3 N–H and O–H groups in total. The standard InChI is InChI=1S/C23H23FN6O4S/c1-3-35(31,32)30-18-9-6-16(10-20(18)34-14-15-4-7-17(24)8-5-15)19-11-21(29-28-19)27-22-12-26-23(33-2)13-25-22/h4-13,30H,3,14H2,1-2H3,(H2,25,27,28,29). The van der Waals surface area contributed by atoms with Crippen molar-refractivity contribution in [1.29, 1.82) is 0 Å². The van der Waals surface area contributed by atoms with Crippen LogP contribution in [0.4, 0.5) is 21.7 Å². The lowest BCUT2D eigenvalue weighted by atomic mass is 10.1. The van der Waals surface area contributed by atoms with Gasteiger partial charge in [-0.1, -0.05) is 18.2 Å². The third kappa shape index (κ3) is 6.23. The molecule has 2 aromatic heterocycles. The highest BCUT2D eigenvalue weighted by atomic mass is 32.2. The number of nitrogens with one attached hydrogen (secondary N) is 3. The molecule has 4 rings (SSSR count). The molecule has 2 heterocycles. The number of rotatable bonds is 10.